The third kappa shape index (κ3) is 5.36. The fourth-order valence-corrected chi connectivity index (χ4v) is 8.44. The summed E-state index contributed by atoms with van der Waals surface area (Å²) in [5, 5.41) is 1.19. The molecule has 5 nitrogen and oxygen atoms in total. The Hall–Kier alpha value is -7.37. The van der Waals surface area contributed by atoms with Crippen molar-refractivity contribution < 1.29 is 4.74 Å². The summed E-state index contributed by atoms with van der Waals surface area (Å²) < 4.78 is 9.35. The van der Waals surface area contributed by atoms with Gasteiger partial charge >= 0.3 is 0 Å². The predicted molar refractivity (Wildman–Crippen MR) is 225 cm³/mol. The Labute approximate surface area is 324 Å². The first kappa shape index (κ1) is 32.1. The second-order valence-electron chi connectivity index (χ2n) is 14.3. The number of fused-ring (bicyclic) bond motifs is 7. The minimum atomic E-state index is -0.207. The van der Waals surface area contributed by atoms with Gasteiger partial charge in [-0.15, -0.1) is 0 Å². The molecule has 9 aromatic rings. The lowest BCUT2D eigenvalue weighted by Crippen LogP contribution is -2.14. The normalized spacial score (nSPS) is 15.2. The number of nitrogens with zero attached hydrogens (tertiary/aromatic N) is 4. The van der Waals surface area contributed by atoms with Crippen LogP contribution in [-0.4, -0.2) is 19.5 Å². The smallest absolute Gasteiger partial charge is 0.164 e. The van der Waals surface area contributed by atoms with Gasteiger partial charge in [-0.1, -0.05) is 158 Å². The van der Waals surface area contributed by atoms with Crippen LogP contribution in [0.15, 0.2) is 188 Å². The molecule has 1 aliphatic carbocycles. The maximum absolute atomic E-state index is 6.98. The van der Waals surface area contributed by atoms with E-state index in [4.69, 9.17) is 19.7 Å². The SMILES string of the molecule is C1=CC2c3c(cccc3-c3nc(-c4ccccc4)nc(-c4ccccc4)n3)OC2c2c1n(-c1ccc(-c3cccc(-c4ccccc4)c3)cc1)c1ccccc21. The van der Waals surface area contributed by atoms with E-state index in [1.807, 2.05) is 66.7 Å². The lowest BCUT2D eigenvalue weighted by atomic mass is 9.83. The molecule has 56 heavy (non-hydrogen) atoms. The average molecular weight is 719 g/mol. The fraction of sp³-hybridized carbons (Fsp3) is 0.0392. The lowest BCUT2D eigenvalue weighted by Gasteiger charge is -2.23. The largest absolute Gasteiger partial charge is 0.484 e. The molecule has 7 aromatic carbocycles. The molecule has 0 saturated carbocycles. The van der Waals surface area contributed by atoms with Crippen LogP contribution in [0.3, 0.4) is 0 Å². The van der Waals surface area contributed by atoms with Gasteiger partial charge in [-0.3, -0.25) is 0 Å². The minimum absolute atomic E-state index is 0.0238. The van der Waals surface area contributed by atoms with Gasteiger partial charge in [0.25, 0.3) is 0 Å². The van der Waals surface area contributed by atoms with Crippen molar-refractivity contribution in [3.63, 3.8) is 0 Å². The molecule has 0 bridgehead atoms. The van der Waals surface area contributed by atoms with Crippen molar-refractivity contribution in [3.8, 4) is 67.9 Å². The molecular formula is C51H34N4O. The van der Waals surface area contributed by atoms with Gasteiger partial charge in [0.15, 0.2) is 17.5 Å². The Kier molecular flexibility index (Phi) is 7.56. The zero-order chi connectivity index (χ0) is 37.0. The van der Waals surface area contributed by atoms with Crippen LogP contribution in [0.4, 0.5) is 0 Å². The topological polar surface area (TPSA) is 52.8 Å². The van der Waals surface area contributed by atoms with Crippen molar-refractivity contribution in [2.24, 2.45) is 0 Å². The highest BCUT2D eigenvalue weighted by Crippen LogP contribution is 2.55. The fourth-order valence-electron chi connectivity index (χ4n) is 8.44. The maximum atomic E-state index is 6.98. The van der Waals surface area contributed by atoms with Gasteiger partial charge in [-0.05, 0) is 58.7 Å². The second kappa shape index (κ2) is 13.2. The molecular weight excluding hydrogens is 685 g/mol. The van der Waals surface area contributed by atoms with Crippen molar-refractivity contribution >= 4 is 17.0 Å². The number of ether oxygens (including phenoxy) is 1. The van der Waals surface area contributed by atoms with Gasteiger partial charge in [0.2, 0.25) is 0 Å². The summed E-state index contributed by atoms with van der Waals surface area (Å²) in [6.07, 6.45) is 4.38. The van der Waals surface area contributed by atoms with Gasteiger partial charge in [-0.2, -0.15) is 0 Å². The van der Waals surface area contributed by atoms with Crippen LogP contribution in [-0.2, 0) is 0 Å². The Morgan fingerprint density at radius 3 is 1.68 bits per heavy atom. The molecule has 0 spiro atoms. The first-order valence-corrected chi connectivity index (χ1v) is 19.0. The molecule has 0 amide bonds. The molecule has 0 N–H and O–H groups in total. The molecule has 2 aliphatic rings. The molecule has 0 saturated heterocycles. The van der Waals surface area contributed by atoms with Crippen molar-refractivity contribution in [1.29, 1.82) is 0 Å². The first-order valence-electron chi connectivity index (χ1n) is 19.0. The molecule has 3 heterocycles. The third-order valence-electron chi connectivity index (χ3n) is 11.0. The number of benzene rings is 7. The number of hydrogen-bond acceptors (Lipinski definition) is 4. The highest BCUT2D eigenvalue weighted by molar-refractivity contribution is 5.92. The number of hydrogen-bond donors (Lipinski definition) is 0. The summed E-state index contributed by atoms with van der Waals surface area (Å²) >= 11 is 0. The monoisotopic (exact) mass is 718 g/mol. The summed E-state index contributed by atoms with van der Waals surface area (Å²) in [4.78, 5) is 15.1. The number of aromatic nitrogens is 4. The summed E-state index contributed by atoms with van der Waals surface area (Å²) in [5.74, 6) is 2.75. The van der Waals surface area contributed by atoms with Crippen molar-refractivity contribution in [2.45, 2.75) is 12.0 Å². The lowest BCUT2D eigenvalue weighted by molar-refractivity contribution is 0.224. The molecule has 11 rings (SSSR count). The van der Waals surface area contributed by atoms with Crippen LogP contribution in [0.2, 0.25) is 0 Å². The van der Waals surface area contributed by atoms with Crippen LogP contribution in [0.25, 0.3) is 79.1 Å². The summed E-state index contributed by atoms with van der Waals surface area (Å²) in [5.41, 5.74) is 13.3. The summed E-state index contributed by atoms with van der Waals surface area (Å²) in [7, 11) is 0. The maximum Gasteiger partial charge on any atom is 0.164 e. The second-order valence-corrected chi connectivity index (χ2v) is 14.3. The van der Waals surface area contributed by atoms with Gasteiger partial charge in [-0.25, -0.2) is 15.0 Å². The highest BCUT2D eigenvalue weighted by atomic mass is 16.5. The summed E-state index contributed by atoms with van der Waals surface area (Å²) in [6.45, 7) is 0. The number of rotatable bonds is 6. The van der Waals surface area contributed by atoms with Crippen LogP contribution in [0, 0.1) is 0 Å². The molecule has 2 aromatic heterocycles. The molecule has 0 fully saturated rings. The summed E-state index contributed by atoms with van der Waals surface area (Å²) in [6, 6.07) is 63.4. The van der Waals surface area contributed by atoms with Crippen molar-refractivity contribution in [1.82, 2.24) is 19.5 Å². The van der Waals surface area contributed by atoms with Crippen molar-refractivity contribution in [3.05, 3.63) is 205 Å². The number of para-hydroxylation sites is 1. The molecule has 264 valence electrons. The minimum Gasteiger partial charge on any atom is -0.484 e. The van der Waals surface area contributed by atoms with Crippen LogP contribution in [0.5, 0.6) is 5.75 Å². The van der Waals surface area contributed by atoms with Gasteiger partial charge in [0.1, 0.15) is 11.9 Å². The van der Waals surface area contributed by atoms with E-state index in [9.17, 15) is 0 Å². The van der Waals surface area contributed by atoms with Gasteiger partial charge in [0.05, 0.1) is 11.2 Å². The van der Waals surface area contributed by atoms with E-state index in [0.29, 0.717) is 17.5 Å². The molecule has 5 heteroatoms. The van der Waals surface area contributed by atoms with E-state index < -0.39 is 0 Å². The molecule has 2 unspecified atom stereocenters. The molecule has 2 atom stereocenters. The van der Waals surface area contributed by atoms with E-state index in [-0.39, 0.29) is 12.0 Å². The Bertz CT molecular complexity index is 2880. The Morgan fingerprint density at radius 1 is 0.446 bits per heavy atom. The van der Waals surface area contributed by atoms with Crippen LogP contribution in [0.1, 0.15) is 28.8 Å². The quantitative estimate of drug-likeness (QED) is 0.172. The molecule has 1 aliphatic heterocycles. The van der Waals surface area contributed by atoms with E-state index in [1.165, 1.54) is 33.2 Å². The molecule has 0 radical (unpaired) electrons. The highest BCUT2D eigenvalue weighted by Gasteiger charge is 2.42. The van der Waals surface area contributed by atoms with Crippen LogP contribution >= 0.6 is 0 Å². The van der Waals surface area contributed by atoms with E-state index >= 15 is 0 Å². The average Bonchev–Trinajstić information content (AvgIpc) is 3.83. The van der Waals surface area contributed by atoms with Gasteiger partial charge in [0, 0.05) is 44.8 Å². The Morgan fingerprint density at radius 2 is 1.00 bits per heavy atom. The van der Waals surface area contributed by atoms with Crippen LogP contribution < -0.4 is 4.74 Å². The van der Waals surface area contributed by atoms with Gasteiger partial charge < -0.3 is 9.30 Å². The standard InChI is InChI=1S/C51H34N4O/c1-4-14-33(15-5-1)37-20-12-21-38(32-37)34-26-28-39(29-27-34)55-43-24-11-10-22-40(43)47-44(55)31-30-41-46-42(23-13-25-45(46)56-48(41)47)51-53-49(35-16-6-2-7-17-35)52-50(54-51)36-18-8-3-9-19-36/h1-32,41,48H. The van der Waals surface area contributed by atoms with E-state index in [0.717, 1.165) is 44.9 Å². The van der Waals surface area contributed by atoms with Crippen molar-refractivity contribution in [2.75, 3.05) is 0 Å². The zero-order valence-electron chi connectivity index (χ0n) is 30.3. The zero-order valence-corrected chi connectivity index (χ0v) is 30.3. The first-order chi connectivity index (χ1) is 27.8. The predicted octanol–water partition coefficient (Wildman–Crippen LogP) is 12.4. The van der Waals surface area contributed by atoms with E-state index in [1.54, 1.807) is 0 Å². The Balaban J connectivity index is 0.995. The van der Waals surface area contributed by atoms with E-state index in [2.05, 4.69) is 132 Å². The third-order valence-corrected chi connectivity index (χ3v) is 11.0.